The first-order valence-corrected chi connectivity index (χ1v) is 9.02. The van der Waals surface area contributed by atoms with Crippen LogP contribution in [0.4, 0.5) is 0 Å². The number of ether oxygens (including phenoxy) is 1. The van der Waals surface area contributed by atoms with E-state index in [0.29, 0.717) is 31.6 Å². The molecule has 23 heavy (non-hydrogen) atoms. The quantitative estimate of drug-likeness (QED) is 0.907. The van der Waals surface area contributed by atoms with Crippen molar-refractivity contribution in [1.82, 2.24) is 9.62 Å². The number of piperidine rings is 1. The number of amides is 1. The molecule has 1 atom stereocenters. The summed E-state index contributed by atoms with van der Waals surface area (Å²) in [5.74, 6) is 0.519. The number of sulfonamides is 1. The molecule has 1 aromatic rings. The first kappa shape index (κ1) is 16.0. The van der Waals surface area contributed by atoms with Gasteiger partial charge in [0, 0.05) is 13.1 Å². The minimum atomic E-state index is -3.61. The van der Waals surface area contributed by atoms with Crippen LogP contribution >= 0.6 is 0 Å². The van der Waals surface area contributed by atoms with Gasteiger partial charge in [0.05, 0.1) is 17.4 Å². The molecule has 1 amide bonds. The zero-order chi connectivity index (χ0) is 16.5. The Kier molecular flexibility index (Phi) is 4.16. The molecule has 124 valence electrons. The molecular weight excluding hydrogens is 316 g/mol. The molecule has 0 aromatic heterocycles. The molecule has 0 radical (unpaired) electrons. The maximum Gasteiger partial charge on any atom is 0.243 e. The van der Waals surface area contributed by atoms with Crippen LogP contribution < -0.4 is 10.1 Å². The Morgan fingerprint density at radius 2 is 2.00 bits per heavy atom. The average Bonchev–Trinajstić information content (AvgIpc) is 2.58. The normalized spacial score (nSPS) is 25.3. The second-order valence-corrected chi connectivity index (χ2v) is 7.92. The summed E-state index contributed by atoms with van der Waals surface area (Å²) in [5, 5.41) is 2.71. The first-order valence-electron chi connectivity index (χ1n) is 7.58. The average molecular weight is 336 g/mol. The van der Waals surface area contributed by atoms with Gasteiger partial charge in [-0.25, -0.2) is 8.42 Å². The molecule has 3 rings (SSSR count). The molecule has 0 aliphatic carbocycles. The van der Waals surface area contributed by atoms with Crippen molar-refractivity contribution in [2.24, 2.45) is 5.41 Å². The van der Waals surface area contributed by atoms with E-state index in [-0.39, 0.29) is 17.3 Å². The number of methoxy groups -OCH3 is 1. The number of nitrogens with zero attached hydrogens (tertiary/aromatic N) is 1. The van der Waals surface area contributed by atoms with Crippen LogP contribution in [0.5, 0.6) is 5.75 Å². The topological polar surface area (TPSA) is 75.7 Å². The largest absolute Gasteiger partial charge is 0.497 e. The molecule has 6 nitrogen and oxygen atoms in total. The lowest BCUT2D eigenvalue weighted by atomic mass is 9.76. The highest BCUT2D eigenvalue weighted by molar-refractivity contribution is 7.89. The zero-order valence-electron chi connectivity index (χ0n) is 13.0. The van der Waals surface area contributed by atoms with E-state index in [9.17, 15) is 13.2 Å². The van der Waals surface area contributed by atoms with Crippen LogP contribution in [0.2, 0.25) is 0 Å². The van der Waals surface area contributed by atoms with E-state index in [4.69, 9.17) is 4.74 Å². The summed E-state index contributed by atoms with van der Waals surface area (Å²) in [6.07, 6.45) is 5.48. The zero-order valence-corrected chi connectivity index (χ0v) is 13.8. The van der Waals surface area contributed by atoms with Crippen LogP contribution in [0.25, 0.3) is 0 Å². The Bertz CT molecular complexity index is 727. The lowest BCUT2D eigenvalue weighted by Crippen LogP contribution is -2.53. The smallest absolute Gasteiger partial charge is 0.243 e. The summed E-state index contributed by atoms with van der Waals surface area (Å²) in [7, 11) is -2.08. The van der Waals surface area contributed by atoms with Crippen molar-refractivity contribution in [3.05, 3.63) is 36.5 Å². The molecule has 1 aromatic carbocycles. The Labute approximate surface area is 136 Å². The summed E-state index contributed by atoms with van der Waals surface area (Å²) < 4.78 is 32.2. The van der Waals surface area contributed by atoms with Gasteiger partial charge >= 0.3 is 0 Å². The first-order chi connectivity index (χ1) is 11.0. The lowest BCUT2D eigenvalue weighted by Gasteiger charge is -2.41. The Hall–Kier alpha value is -1.86. The van der Waals surface area contributed by atoms with Gasteiger partial charge in [-0.2, -0.15) is 4.31 Å². The maximum absolute atomic E-state index is 12.9. The Balaban J connectivity index is 1.87. The number of rotatable bonds is 3. The van der Waals surface area contributed by atoms with Crippen molar-refractivity contribution in [3.8, 4) is 5.75 Å². The molecular formula is C16H20N2O4S. The number of nitrogens with one attached hydrogen (secondary N) is 1. The van der Waals surface area contributed by atoms with Gasteiger partial charge in [-0.15, -0.1) is 0 Å². The van der Waals surface area contributed by atoms with Crippen LogP contribution in [0, 0.1) is 5.41 Å². The van der Waals surface area contributed by atoms with Crippen LogP contribution in [-0.4, -0.2) is 38.8 Å². The lowest BCUT2D eigenvalue weighted by molar-refractivity contribution is -0.132. The van der Waals surface area contributed by atoms with E-state index >= 15 is 0 Å². The second-order valence-electron chi connectivity index (χ2n) is 5.98. The third kappa shape index (κ3) is 2.86. The fourth-order valence-corrected chi connectivity index (χ4v) is 4.77. The molecule has 1 spiro atoms. The van der Waals surface area contributed by atoms with Crippen molar-refractivity contribution in [2.45, 2.75) is 24.2 Å². The highest BCUT2D eigenvalue weighted by atomic mass is 32.2. The monoisotopic (exact) mass is 336 g/mol. The van der Waals surface area contributed by atoms with Gasteiger partial charge in [0.1, 0.15) is 5.75 Å². The Morgan fingerprint density at radius 3 is 2.65 bits per heavy atom. The van der Waals surface area contributed by atoms with Crippen LogP contribution in [0.3, 0.4) is 0 Å². The summed E-state index contributed by atoms with van der Waals surface area (Å²) in [6.45, 7) is 0.657. The van der Waals surface area contributed by atoms with Gasteiger partial charge in [0.15, 0.2) is 0 Å². The fourth-order valence-electron chi connectivity index (χ4n) is 3.21. The molecule has 0 unspecified atom stereocenters. The van der Waals surface area contributed by atoms with E-state index in [1.54, 1.807) is 18.3 Å². The highest BCUT2D eigenvalue weighted by Crippen LogP contribution is 2.37. The maximum atomic E-state index is 12.9. The molecule has 0 saturated carbocycles. The number of benzene rings is 1. The molecule has 2 aliphatic rings. The van der Waals surface area contributed by atoms with Gasteiger partial charge in [0.2, 0.25) is 15.9 Å². The number of allylic oxidation sites excluding steroid dienone is 1. The SMILES string of the molecule is COc1ccc(S(=O)(=O)N2CCC[C@@]3(CC=CNC3=O)C2)cc1. The van der Waals surface area contributed by atoms with E-state index in [1.807, 2.05) is 6.08 Å². The predicted octanol–water partition coefficient (Wildman–Crippen LogP) is 1.50. The molecule has 7 heteroatoms. The second kappa shape index (κ2) is 5.98. The van der Waals surface area contributed by atoms with Gasteiger partial charge < -0.3 is 10.1 Å². The van der Waals surface area contributed by atoms with E-state index in [1.165, 1.54) is 23.5 Å². The number of carbonyl (C=O) groups is 1. The molecule has 1 fully saturated rings. The fraction of sp³-hybridized carbons (Fsp3) is 0.438. The van der Waals surface area contributed by atoms with Crippen molar-refractivity contribution in [1.29, 1.82) is 0 Å². The standard InChI is InChI=1S/C16H20N2O4S/c1-22-13-4-6-14(7-5-13)23(20,21)18-11-3-9-16(12-18)8-2-10-17-15(16)19/h2,4-7,10H,3,8-9,11-12H2,1H3,(H,17,19)/t16-/m0/s1. The van der Waals surface area contributed by atoms with Gasteiger partial charge in [-0.05, 0) is 49.7 Å². The molecule has 1 saturated heterocycles. The van der Waals surface area contributed by atoms with Crippen molar-refractivity contribution in [2.75, 3.05) is 20.2 Å². The van der Waals surface area contributed by atoms with Crippen LogP contribution in [0.1, 0.15) is 19.3 Å². The minimum absolute atomic E-state index is 0.0883. The highest BCUT2D eigenvalue weighted by Gasteiger charge is 2.45. The van der Waals surface area contributed by atoms with E-state index in [2.05, 4.69) is 5.32 Å². The van der Waals surface area contributed by atoms with E-state index < -0.39 is 15.4 Å². The van der Waals surface area contributed by atoms with Crippen LogP contribution in [0.15, 0.2) is 41.4 Å². The molecule has 1 N–H and O–H groups in total. The molecule has 2 heterocycles. The number of hydrogen-bond donors (Lipinski definition) is 1. The number of carbonyl (C=O) groups excluding carboxylic acids is 1. The third-order valence-corrected chi connectivity index (χ3v) is 6.42. The Morgan fingerprint density at radius 1 is 1.26 bits per heavy atom. The van der Waals surface area contributed by atoms with Gasteiger partial charge in [-0.1, -0.05) is 6.08 Å². The summed E-state index contributed by atoms with van der Waals surface area (Å²) in [6, 6.07) is 6.33. The third-order valence-electron chi connectivity index (χ3n) is 4.56. The van der Waals surface area contributed by atoms with Gasteiger partial charge in [0.25, 0.3) is 0 Å². The summed E-state index contributed by atoms with van der Waals surface area (Å²) >= 11 is 0. The molecule has 0 bridgehead atoms. The van der Waals surface area contributed by atoms with Crippen molar-refractivity contribution < 1.29 is 17.9 Å². The summed E-state index contributed by atoms with van der Waals surface area (Å²) in [5.41, 5.74) is -0.646. The summed E-state index contributed by atoms with van der Waals surface area (Å²) in [4.78, 5) is 12.5. The predicted molar refractivity (Wildman–Crippen MR) is 85.3 cm³/mol. The van der Waals surface area contributed by atoms with Crippen LogP contribution in [-0.2, 0) is 14.8 Å². The van der Waals surface area contributed by atoms with Crippen molar-refractivity contribution in [3.63, 3.8) is 0 Å². The van der Waals surface area contributed by atoms with Gasteiger partial charge in [-0.3, -0.25) is 4.79 Å². The van der Waals surface area contributed by atoms with Crippen molar-refractivity contribution >= 4 is 15.9 Å². The molecule has 2 aliphatic heterocycles. The minimum Gasteiger partial charge on any atom is -0.497 e. The van der Waals surface area contributed by atoms with E-state index in [0.717, 1.165) is 0 Å². The number of hydrogen-bond acceptors (Lipinski definition) is 4.